The number of amides is 1. The third-order valence-corrected chi connectivity index (χ3v) is 8.13. The highest BCUT2D eigenvalue weighted by Gasteiger charge is 2.35. The summed E-state index contributed by atoms with van der Waals surface area (Å²) in [5, 5.41) is 3.18. The second-order valence-corrected chi connectivity index (χ2v) is 10.5. The maximum atomic E-state index is 13.5. The minimum absolute atomic E-state index is 0.140. The molecule has 6 nitrogen and oxygen atoms in total. The lowest BCUT2D eigenvalue weighted by Crippen LogP contribution is -2.46. The fourth-order valence-electron chi connectivity index (χ4n) is 4.41. The van der Waals surface area contributed by atoms with Gasteiger partial charge in [-0.3, -0.25) is 4.79 Å². The third kappa shape index (κ3) is 5.16. The predicted molar refractivity (Wildman–Crippen MR) is 132 cm³/mol. The van der Waals surface area contributed by atoms with E-state index in [9.17, 15) is 13.2 Å². The number of nitrogens with zero attached hydrogens (tertiary/aromatic N) is 1. The highest BCUT2D eigenvalue weighted by molar-refractivity contribution is 7.89. The molecule has 0 unspecified atom stereocenters. The third-order valence-electron chi connectivity index (χ3n) is 6.24. The van der Waals surface area contributed by atoms with Crippen LogP contribution in [0.3, 0.4) is 0 Å². The molecule has 3 aromatic rings. The van der Waals surface area contributed by atoms with Gasteiger partial charge in [-0.15, -0.1) is 0 Å². The van der Waals surface area contributed by atoms with Crippen LogP contribution in [0.2, 0.25) is 0 Å². The smallest absolute Gasteiger partial charge is 0.246 e. The summed E-state index contributed by atoms with van der Waals surface area (Å²) in [5.41, 5.74) is 2.79. The largest absolute Gasteiger partial charge is 0.495 e. The van der Waals surface area contributed by atoms with E-state index in [0.29, 0.717) is 25.1 Å². The summed E-state index contributed by atoms with van der Waals surface area (Å²) in [6.45, 7) is 2.36. The minimum Gasteiger partial charge on any atom is -0.495 e. The van der Waals surface area contributed by atoms with Crippen LogP contribution in [0.4, 0.5) is 0 Å². The average Bonchev–Trinajstić information content (AvgIpc) is 2.88. The van der Waals surface area contributed by atoms with Crippen molar-refractivity contribution in [2.75, 3.05) is 20.2 Å². The van der Waals surface area contributed by atoms with Crippen LogP contribution in [-0.2, 0) is 14.8 Å². The lowest BCUT2D eigenvalue weighted by molar-refractivity contribution is -0.126. The summed E-state index contributed by atoms with van der Waals surface area (Å²) in [6, 6.07) is 24.4. The van der Waals surface area contributed by atoms with Crippen molar-refractivity contribution in [2.24, 2.45) is 5.92 Å². The minimum atomic E-state index is -3.80. The van der Waals surface area contributed by atoms with E-state index in [4.69, 9.17) is 4.74 Å². The monoisotopic (exact) mass is 478 g/mol. The van der Waals surface area contributed by atoms with E-state index >= 15 is 0 Å². The van der Waals surface area contributed by atoms with Gasteiger partial charge in [0.25, 0.3) is 0 Å². The number of nitrogens with one attached hydrogen (secondary N) is 1. The summed E-state index contributed by atoms with van der Waals surface area (Å²) in [6.07, 6.45) is 1.26. The molecule has 4 rings (SSSR count). The number of carbonyl (C=O) groups excluding carboxylic acids is 1. The molecule has 1 saturated heterocycles. The second kappa shape index (κ2) is 10.4. The van der Waals surface area contributed by atoms with Crippen LogP contribution in [0.1, 0.15) is 35.6 Å². The maximum Gasteiger partial charge on any atom is 0.246 e. The first-order chi connectivity index (χ1) is 16.4. The first-order valence-electron chi connectivity index (χ1n) is 11.4. The molecule has 1 atom stereocenters. The molecule has 0 radical (unpaired) electrons. The molecule has 0 bridgehead atoms. The topological polar surface area (TPSA) is 75.7 Å². The highest BCUT2D eigenvalue weighted by atomic mass is 32.2. The fourth-order valence-corrected chi connectivity index (χ4v) is 6.17. The fraction of sp³-hybridized carbons (Fsp3) is 0.296. The Kier molecular flexibility index (Phi) is 7.34. The zero-order valence-electron chi connectivity index (χ0n) is 19.5. The molecule has 1 amide bonds. The lowest BCUT2D eigenvalue weighted by Gasteiger charge is -2.32. The number of hydrogen-bond donors (Lipinski definition) is 1. The molecule has 3 aromatic carbocycles. The molecule has 0 saturated carbocycles. The lowest BCUT2D eigenvalue weighted by atomic mass is 9.95. The Balaban J connectivity index is 1.56. The van der Waals surface area contributed by atoms with Gasteiger partial charge in [-0.2, -0.15) is 4.31 Å². The summed E-state index contributed by atoms with van der Waals surface area (Å²) < 4.78 is 33.7. The van der Waals surface area contributed by atoms with Crippen LogP contribution in [0, 0.1) is 12.8 Å². The zero-order valence-corrected chi connectivity index (χ0v) is 20.3. The van der Waals surface area contributed by atoms with Gasteiger partial charge in [-0.1, -0.05) is 66.7 Å². The van der Waals surface area contributed by atoms with E-state index in [1.807, 2.05) is 73.7 Å². The number of rotatable bonds is 7. The molecular formula is C27H30N2O4S. The van der Waals surface area contributed by atoms with Crippen molar-refractivity contribution in [3.8, 4) is 5.75 Å². The number of sulfonamides is 1. The first kappa shape index (κ1) is 24.0. The molecule has 0 spiro atoms. The maximum absolute atomic E-state index is 13.5. The number of benzene rings is 3. The van der Waals surface area contributed by atoms with Gasteiger partial charge in [0, 0.05) is 13.1 Å². The first-order valence-corrected chi connectivity index (χ1v) is 12.9. The van der Waals surface area contributed by atoms with Crippen molar-refractivity contribution in [2.45, 2.75) is 30.7 Å². The Morgan fingerprint density at radius 1 is 1.00 bits per heavy atom. The Morgan fingerprint density at radius 3 is 2.21 bits per heavy atom. The Morgan fingerprint density at radius 2 is 1.62 bits per heavy atom. The number of aryl methyl sites for hydroxylation is 1. The van der Waals surface area contributed by atoms with Gasteiger partial charge in [0.05, 0.1) is 19.1 Å². The quantitative estimate of drug-likeness (QED) is 0.549. The Bertz CT molecular complexity index is 1190. The highest BCUT2D eigenvalue weighted by Crippen LogP contribution is 2.31. The van der Waals surface area contributed by atoms with Gasteiger partial charge >= 0.3 is 0 Å². The molecule has 34 heavy (non-hydrogen) atoms. The number of ether oxygens (including phenoxy) is 1. The number of piperidine rings is 1. The van der Waals surface area contributed by atoms with Gasteiger partial charge in [0.2, 0.25) is 15.9 Å². The average molecular weight is 479 g/mol. The molecule has 1 aliphatic rings. The molecule has 0 aliphatic carbocycles. The standard InChI is InChI=1S/C27H30N2O4S/c1-20-15-16-24(33-2)25(18-20)34(31,32)29-17-9-14-23(19-29)27(30)28-26(21-10-5-3-6-11-21)22-12-7-4-8-13-22/h3-8,10-13,15-16,18,23,26H,9,14,17,19H2,1-2H3,(H,28,30)/t23-/m1/s1. The van der Waals surface area contributed by atoms with Crippen molar-refractivity contribution in [1.29, 1.82) is 0 Å². The molecule has 0 aromatic heterocycles. The summed E-state index contributed by atoms with van der Waals surface area (Å²) in [4.78, 5) is 13.5. The summed E-state index contributed by atoms with van der Waals surface area (Å²) in [7, 11) is -2.34. The van der Waals surface area contributed by atoms with E-state index in [1.165, 1.54) is 11.4 Å². The number of methoxy groups -OCH3 is 1. The van der Waals surface area contributed by atoms with Crippen molar-refractivity contribution < 1.29 is 17.9 Å². The van der Waals surface area contributed by atoms with Gasteiger partial charge in [-0.05, 0) is 48.6 Å². The zero-order chi connectivity index (χ0) is 24.1. The van der Waals surface area contributed by atoms with Crippen LogP contribution in [-0.4, -0.2) is 38.8 Å². The van der Waals surface area contributed by atoms with Crippen LogP contribution in [0.25, 0.3) is 0 Å². The summed E-state index contributed by atoms with van der Waals surface area (Å²) >= 11 is 0. The number of hydrogen-bond acceptors (Lipinski definition) is 4. The molecule has 1 aliphatic heterocycles. The molecule has 1 fully saturated rings. The second-order valence-electron chi connectivity index (χ2n) is 8.62. The van der Waals surface area contributed by atoms with E-state index in [2.05, 4.69) is 5.32 Å². The van der Waals surface area contributed by atoms with E-state index in [0.717, 1.165) is 16.7 Å². The summed E-state index contributed by atoms with van der Waals surface area (Å²) in [5.74, 6) is -0.270. The van der Waals surface area contributed by atoms with E-state index in [1.54, 1.807) is 12.1 Å². The number of carbonyl (C=O) groups is 1. The van der Waals surface area contributed by atoms with Gasteiger partial charge in [0.1, 0.15) is 10.6 Å². The molecule has 1 heterocycles. The van der Waals surface area contributed by atoms with Gasteiger partial charge in [-0.25, -0.2) is 8.42 Å². The molecule has 1 N–H and O–H groups in total. The van der Waals surface area contributed by atoms with Crippen molar-refractivity contribution in [3.05, 3.63) is 95.6 Å². The SMILES string of the molecule is COc1ccc(C)cc1S(=O)(=O)N1CCC[C@@H](C(=O)NC(c2ccccc2)c2ccccc2)C1. The van der Waals surface area contributed by atoms with E-state index in [-0.39, 0.29) is 23.4 Å². The van der Waals surface area contributed by atoms with E-state index < -0.39 is 15.9 Å². The van der Waals surface area contributed by atoms with Crippen LogP contribution in [0.15, 0.2) is 83.8 Å². The predicted octanol–water partition coefficient (Wildman–Crippen LogP) is 4.31. The molecule has 178 valence electrons. The molecular weight excluding hydrogens is 448 g/mol. The Hall–Kier alpha value is -3.16. The van der Waals surface area contributed by atoms with Crippen molar-refractivity contribution >= 4 is 15.9 Å². The van der Waals surface area contributed by atoms with Crippen molar-refractivity contribution in [1.82, 2.24) is 9.62 Å². The van der Waals surface area contributed by atoms with Crippen molar-refractivity contribution in [3.63, 3.8) is 0 Å². The normalized spacial score (nSPS) is 16.9. The Labute approximate surface area is 201 Å². The van der Waals surface area contributed by atoms with Crippen LogP contribution >= 0.6 is 0 Å². The van der Waals surface area contributed by atoms with Gasteiger partial charge in [0.15, 0.2) is 0 Å². The molecule has 7 heteroatoms. The van der Waals surface area contributed by atoms with Crippen LogP contribution in [0.5, 0.6) is 5.75 Å². The van der Waals surface area contributed by atoms with Crippen LogP contribution < -0.4 is 10.1 Å². The van der Waals surface area contributed by atoms with Gasteiger partial charge < -0.3 is 10.1 Å².